The molecule has 3 aromatic carbocycles. The predicted molar refractivity (Wildman–Crippen MR) is 152 cm³/mol. The molecule has 0 atom stereocenters. The van der Waals surface area contributed by atoms with Gasteiger partial charge in [-0.25, -0.2) is 4.18 Å². The van der Waals surface area contributed by atoms with Gasteiger partial charge in [0.05, 0.1) is 21.2 Å². The van der Waals surface area contributed by atoms with Crippen molar-refractivity contribution in [1.82, 2.24) is 0 Å². The normalized spacial score (nSPS) is 11.9. The summed E-state index contributed by atoms with van der Waals surface area (Å²) in [4.78, 5) is 19.9. The van der Waals surface area contributed by atoms with Gasteiger partial charge < -0.3 is 0 Å². The van der Waals surface area contributed by atoms with Gasteiger partial charge in [-0.15, -0.1) is 0 Å². The van der Waals surface area contributed by atoms with Crippen LogP contribution in [0.1, 0.15) is 75.3 Å². The first-order valence-corrected chi connectivity index (χ1v) is 15.1. The van der Waals surface area contributed by atoms with Gasteiger partial charge in [0, 0.05) is 0 Å². The average Bonchev–Trinajstić information content (AvgIpc) is 2.96. The molecule has 0 fully saturated rings. The van der Waals surface area contributed by atoms with E-state index in [9.17, 15) is 28.6 Å². The first-order chi connectivity index (χ1) is 19.3. The molecule has 214 valence electrons. The van der Waals surface area contributed by atoms with Gasteiger partial charge in [-0.05, 0) is 42.5 Å². The van der Waals surface area contributed by atoms with E-state index >= 15 is 0 Å². The number of rotatable bonds is 18. The van der Waals surface area contributed by atoms with E-state index in [0.29, 0.717) is 19.3 Å². The topological polar surface area (TPSA) is 130 Å². The summed E-state index contributed by atoms with van der Waals surface area (Å²) in [5.74, 6) is 0. The summed E-state index contributed by atoms with van der Waals surface area (Å²) in [6.45, 7) is 0. The van der Waals surface area contributed by atoms with Crippen LogP contribution in [0, 0.1) is 20.2 Å². The third-order valence-corrected chi connectivity index (χ3v) is 8.35. The number of unbranched alkanes of at least 4 members (excludes halogenated alkanes) is 7. The summed E-state index contributed by atoms with van der Waals surface area (Å²) in [5, 5.41) is 21.5. The molecule has 0 heterocycles. The number of nitro groups is 2. The van der Waals surface area contributed by atoms with E-state index in [2.05, 4.69) is 0 Å². The molecule has 3 rings (SSSR count). The zero-order valence-electron chi connectivity index (χ0n) is 22.5. The predicted octanol–water partition coefficient (Wildman–Crippen LogP) is 7.12. The highest BCUT2D eigenvalue weighted by Gasteiger charge is 2.40. The maximum Gasteiger partial charge on any atom is 0.450 e. The molecule has 0 saturated carbocycles. The Balaban J connectivity index is 1.63. The van der Waals surface area contributed by atoms with Crippen molar-refractivity contribution in [3.05, 3.63) is 122 Å². The second kappa shape index (κ2) is 15.2. The van der Waals surface area contributed by atoms with E-state index in [1.165, 1.54) is 12.1 Å². The Kier molecular flexibility index (Phi) is 11.8. The van der Waals surface area contributed by atoms with Gasteiger partial charge in [0.1, 0.15) is 5.60 Å². The second-order valence-corrected chi connectivity index (χ2v) is 11.4. The van der Waals surface area contributed by atoms with Gasteiger partial charge in [-0.2, -0.15) is 8.42 Å². The van der Waals surface area contributed by atoms with Crippen LogP contribution in [-0.4, -0.2) is 24.4 Å². The molecule has 9 nitrogen and oxygen atoms in total. The molecule has 0 saturated heterocycles. The second-order valence-electron chi connectivity index (χ2n) is 9.83. The monoisotopic (exact) mass is 568 g/mol. The summed E-state index contributed by atoms with van der Waals surface area (Å²) in [7, 11) is -4.08. The molecule has 0 N–H and O–H groups in total. The van der Waals surface area contributed by atoms with Crippen molar-refractivity contribution in [3.8, 4) is 0 Å². The summed E-state index contributed by atoms with van der Waals surface area (Å²) in [5.41, 5.74) is 0.341. The number of hydrogen-bond donors (Lipinski definition) is 0. The summed E-state index contributed by atoms with van der Waals surface area (Å²) in [6, 6.07) is 27.1. The van der Waals surface area contributed by atoms with E-state index in [-0.39, 0.29) is 11.3 Å². The van der Waals surface area contributed by atoms with Crippen LogP contribution in [0.5, 0.6) is 0 Å². The molecule has 0 amide bonds. The molecule has 0 spiro atoms. The molecular formula is C30H36N2O7S. The van der Waals surface area contributed by atoms with Gasteiger partial charge in [0.15, 0.2) is 0 Å². The number of nitrogens with zero attached hydrogens (tertiary/aromatic N) is 2. The lowest BCUT2D eigenvalue weighted by Gasteiger charge is -2.34. The standard InChI is InChI=1S/C30H36N2O7S/c33-31(34)29(32(35)36)24-16-5-3-1-2-4-6-17-25-30(26-18-10-7-11-19-26,27-20-12-8-13-21-27)39-40(37,38)28-22-14-9-15-23-28/h7-15,18-23,29H,1-6,16-17,24-25H2. The highest BCUT2D eigenvalue weighted by molar-refractivity contribution is 7.86. The van der Waals surface area contributed by atoms with E-state index in [1.54, 1.807) is 18.2 Å². The van der Waals surface area contributed by atoms with Crippen molar-refractivity contribution in [2.24, 2.45) is 0 Å². The van der Waals surface area contributed by atoms with Crippen molar-refractivity contribution < 1.29 is 22.4 Å². The molecule has 10 heteroatoms. The third-order valence-electron chi connectivity index (χ3n) is 6.99. The maximum absolute atomic E-state index is 13.5. The van der Waals surface area contributed by atoms with Crippen LogP contribution in [0.3, 0.4) is 0 Å². The fourth-order valence-electron chi connectivity index (χ4n) is 4.88. The molecular weight excluding hydrogens is 532 g/mol. The third kappa shape index (κ3) is 8.69. The lowest BCUT2D eigenvalue weighted by atomic mass is 9.82. The fourth-order valence-corrected chi connectivity index (χ4v) is 6.12. The van der Waals surface area contributed by atoms with Gasteiger partial charge >= 0.3 is 6.17 Å². The molecule has 0 bridgehead atoms. The van der Waals surface area contributed by atoms with E-state index < -0.39 is 31.7 Å². The molecule has 0 aliphatic heterocycles. The Morgan fingerprint density at radius 2 is 1.02 bits per heavy atom. The SMILES string of the molecule is O=[N+]([O-])C(CCCCCCCCCCC(OS(=O)(=O)c1ccccc1)(c1ccccc1)c1ccccc1)[N+](=O)[O-]. The van der Waals surface area contributed by atoms with E-state index in [4.69, 9.17) is 4.18 Å². The fraction of sp³-hybridized carbons (Fsp3) is 0.400. The minimum atomic E-state index is -4.08. The minimum Gasteiger partial charge on any atom is -0.259 e. The molecule has 0 unspecified atom stereocenters. The van der Waals surface area contributed by atoms with Gasteiger partial charge in [0.2, 0.25) is 0 Å². The first kappa shape index (κ1) is 30.9. The maximum atomic E-state index is 13.5. The Hall–Kier alpha value is -3.63. The Morgan fingerprint density at radius 3 is 1.48 bits per heavy atom. The van der Waals surface area contributed by atoms with Crippen LogP contribution < -0.4 is 0 Å². The van der Waals surface area contributed by atoms with Crippen LogP contribution in [-0.2, 0) is 19.9 Å². The quantitative estimate of drug-likeness (QED) is 0.0525. The van der Waals surface area contributed by atoms with Crippen molar-refractivity contribution in [1.29, 1.82) is 0 Å². The highest BCUT2D eigenvalue weighted by atomic mass is 32.2. The molecule has 0 aromatic heterocycles. The molecule has 40 heavy (non-hydrogen) atoms. The van der Waals surface area contributed by atoms with E-state index in [0.717, 1.165) is 49.7 Å². The largest absolute Gasteiger partial charge is 0.450 e. The minimum absolute atomic E-state index is 0.0487. The van der Waals surface area contributed by atoms with Crippen molar-refractivity contribution in [3.63, 3.8) is 0 Å². The lowest BCUT2D eigenvalue weighted by molar-refractivity contribution is -0.743. The van der Waals surface area contributed by atoms with Gasteiger partial charge in [-0.1, -0.05) is 117 Å². The molecule has 3 aromatic rings. The Morgan fingerprint density at radius 1 is 0.625 bits per heavy atom. The number of benzene rings is 3. The summed E-state index contributed by atoms with van der Waals surface area (Å²) < 4.78 is 33.1. The van der Waals surface area contributed by atoms with Gasteiger partial charge in [0.25, 0.3) is 10.1 Å². The number of hydrogen-bond acceptors (Lipinski definition) is 7. The van der Waals surface area contributed by atoms with Crippen LogP contribution in [0.2, 0.25) is 0 Å². The van der Waals surface area contributed by atoms with Crippen molar-refractivity contribution in [2.45, 2.75) is 80.9 Å². The van der Waals surface area contributed by atoms with Crippen LogP contribution >= 0.6 is 0 Å². The van der Waals surface area contributed by atoms with Crippen LogP contribution in [0.25, 0.3) is 0 Å². The Bertz CT molecular complexity index is 1250. The molecule has 0 aliphatic rings. The average molecular weight is 569 g/mol. The lowest BCUT2D eigenvalue weighted by Crippen LogP contribution is -2.34. The summed E-state index contributed by atoms with van der Waals surface area (Å²) in [6.07, 6.45) is 5.18. The first-order valence-electron chi connectivity index (χ1n) is 13.6. The highest BCUT2D eigenvalue weighted by Crippen LogP contribution is 2.41. The molecule has 0 aliphatic carbocycles. The van der Waals surface area contributed by atoms with Crippen LogP contribution in [0.15, 0.2) is 95.9 Å². The zero-order chi connectivity index (χ0) is 28.8. The van der Waals surface area contributed by atoms with Gasteiger partial charge in [-0.3, -0.25) is 20.2 Å². The summed E-state index contributed by atoms with van der Waals surface area (Å²) >= 11 is 0. The van der Waals surface area contributed by atoms with E-state index in [1.807, 2.05) is 60.7 Å². The molecule has 0 radical (unpaired) electrons. The van der Waals surface area contributed by atoms with Crippen molar-refractivity contribution >= 4 is 10.1 Å². The van der Waals surface area contributed by atoms with Crippen LogP contribution in [0.4, 0.5) is 0 Å². The smallest absolute Gasteiger partial charge is 0.259 e. The zero-order valence-corrected chi connectivity index (χ0v) is 23.3. The van der Waals surface area contributed by atoms with Crippen molar-refractivity contribution in [2.75, 3.05) is 0 Å². The Labute approximate surface area is 235 Å².